The van der Waals surface area contributed by atoms with Crippen molar-refractivity contribution >= 4 is 0 Å². The van der Waals surface area contributed by atoms with Gasteiger partial charge in [-0.2, -0.15) is 0 Å². The highest BCUT2D eigenvalue weighted by Gasteiger charge is 2.25. The summed E-state index contributed by atoms with van der Waals surface area (Å²) in [6, 6.07) is 11.0. The molecule has 0 bridgehead atoms. The largest absolute Gasteiger partial charge is 0.453 e. The second-order valence-electron chi connectivity index (χ2n) is 9.76. The van der Waals surface area contributed by atoms with Crippen molar-refractivity contribution in [2.75, 3.05) is 0 Å². The third-order valence-electron chi connectivity index (χ3n) is 7.27. The molecule has 36 heavy (non-hydrogen) atoms. The van der Waals surface area contributed by atoms with Crippen LogP contribution < -0.4 is 4.74 Å². The summed E-state index contributed by atoms with van der Waals surface area (Å²) in [7, 11) is 0. The Morgan fingerprint density at radius 3 is 1.97 bits per heavy atom. The molecule has 0 N–H and O–H groups in total. The molecule has 0 aromatic heterocycles. The first-order valence-corrected chi connectivity index (χ1v) is 12.8. The molecule has 0 atom stereocenters. The van der Waals surface area contributed by atoms with E-state index in [1.54, 1.807) is 30.3 Å². The minimum atomic E-state index is -1.64. The SMILES string of the molecule is CCCCC1CCC(CCc2c(F)cc(-c3ccccc3)c(Oc3cc(F)c(F)c(F)c3)c2F)CC1. The van der Waals surface area contributed by atoms with Crippen LogP contribution in [0.1, 0.15) is 63.9 Å². The van der Waals surface area contributed by atoms with Crippen molar-refractivity contribution in [1.29, 1.82) is 0 Å². The second kappa shape index (κ2) is 11.9. The van der Waals surface area contributed by atoms with E-state index in [0.29, 0.717) is 30.0 Å². The Balaban J connectivity index is 1.60. The molecule has 4 rings (SSSR count). The Morgan fingerprint density at radius 2 is 1.36 bits per heavy atom. The van der Waals surface area contributed by atoms with Gasteiger partial charge in [-0.05, 0) is 36.3 Å². The number of hydrogen-bond donors (Lipinski definition) is 0. The molecule has 1 nitrogen and oxygen atoms in total. The van der Waals surface area contributed by atoms with E-state index in [1.165, 1.54) is 25.3 Å². The Bertz CT molecular complexity index is 1150. The van der Waals surface area contributed by atoms with Crippen molar-refractivity contribution in [3.8, 4) is 22.6 Å². The van der Waals surface area contributed by atoms with Crippen molar-refractivity contribution in [1.82, 2.24) is 0 Å². The summed E-state index contributed by atoms with van der Waals surface area (Å²) in [4.78, 5) is 0. The molecule has 1 aliphatic carbocycles. The van der Waals surface area contributed by atoms with Gasteiger partial charge in [0.25, 0.3) is 0 Å². The quantitative estimate of drug-likeness (QED) is 0.209. The maximum absolute atomic E-state index is 15.8. The topological polar surface area (TPSA) is 9.23 Å². The summed E-state index contributed by atoms with van der Waals surface area (Å²) in [5.74, 6) is -5.75. The Hall–Kier alpha value is -2.89. The first-order valence-electron chi connectivity index (χ1n) is 12.8. The molecule has 6 heteroatoms. The van der Waals surface area contributed by atoms with Crippen LogP contribution in [0.2, 0.25) is 0 Å². The predicted molar refractivity (Wildman–Crippen MR) is 131 cm³/mol. The van der Waals surface area contributed by atoms with Crippen LogP contribution >= 0.6 is 0 Å². The van der Waals surface area contributed by atoms with Gasteiger partial charge >= 0.3 is 0 Å². The zero-order valence-corrected chi connectivity index (χ0v) is 20.4. The summed E-state index contributed by atoms with van der Waals surface area (Å²) in [6.45, 7) is 2.19. The maximum Gasteiger partial charge on any atom is 0.194 e. The molecule has 0 unspecified atom stereocenters. The van der Waals surface area contributed by atoms with Crippen LogP contribution in [0.15, 0.2) is 48.5 Å². The molecule has 0 aliphatic heterocycles. The summed E-state index contributed by atoms with van der Waals surface area (Å²) < 4.78 is 77.5. The summed E-state index contributed by atoms with van der Waals surface area (Å²) >= 11 is 0. The monoisotopic (exact) mass is 502 g/mol. The fourth-order valence-corrected chi connectivity index (χ4v) is 5.16. The van der Waals surface area contributed by atoms with Crippen LogP contribution in [-0.4, -0.2) is 0 Å². The predicted octanol–water partition coefficient (Wildman–Crippen LogP) is 9.77. The van der Waals surface area contributed by atoms with E-state index in [-0.39, 0.29) is 23.3 Å². The van der Waals surface area contributed by atoms with Crippen molar-refractivity contribution in [2.24, 2.45) is 11.8 Å². The summed E-state index contributed by atoms with van der Waals surface area (Å²) in [6.07, 6.45) is 8.94. The molecule has 0 heterocycles. The third-order valence-corrected chi connectivity index (χ3v) is 7.27. The normalized spacial score (nSPS) is 17.8. The highest BCUT2D eigenvalue weighted by Crippen LogP contribution is 2.40. The molecule has 192 valence electrons. The second-order valence-corrected chi connectivity index (χ2v) is 9.76. The molecule has 1 fully saturated rings. The zero-order chi connectivity index (χ0) is 25.7. The lowest BCUT2D eigenvalue weighted by atomic mass is 9.78. The number of ether oxygens (including phenoxy) is 1. The Kier molecular flexibility index (Phi) is 8.65. The standard InChI is InChI=1S/C30H31F5O/c1-2-3-7-19-10-12-20(13-11-19)14-15-23-25(31)18-24(21-8-5-4-6-9-21)30(28(23)34)36-22-16-26(32)29(35)27(33)17-22/h4-6,8-9,16-20H,2-3,7,10-15H2,1H3. The molecular formula is C30H31F5O. The number of benzene rings is 3. The Morgan fingerprint density at radius 1 is 0.750 bits per heavy atom. The van der Waals surface area contributed by atoms with Gasteiger partial charge in [-0.3, -0.25) is 0 Å². The number of unbranched alkanes of at least 4 members (excludes halogenated alkanes) is 1. The van der Waals surface area contributed by atoms with Crippen molar-refractivity contribution in [2.45, 2.75) is 64.7 Å². The first kappa shape index (κ1) is 26.2. The lowest BCUT2D eigenvalue weighted by Gasteiger charge is -2.28. The van der Waals surface area contributed by atoms with Gasteiger partial charge in [0.2, 0.25) is 0 Å². The minimum Gasteiger partial charge on any atom is -0.453 e. The molecule has 0 radical (unpaired) electrons. The van der Waals surface area contributed by atoms with Crippen LogP contribution in [0, 0.1) is 40.9 Å². The fraction of sp³-hybridized carbons (Fsp3) is 0.400. The van der Waals surface area contributed by atoms with Crippen LogP contribution in [0.5, 0.6) is 11.5 Å². The average Bonchev–Trinajstić information content (AvgIpc) is 2.88. The molecule has 3 aromatic rings. The van der Waals surface area contributed by atoms with Gasteiger partial charge in [0.05, 0.1) is 0 Å². The molecule has 1 saturated carbocycles. The molecule has 1 aliphatic rings. The number of rotatable bonds is 9. The van der Waals surface area contributed by atoms with Gasteiger partial charge in [0, 0.05) is 23.3 Å². The summed E-state index contributed by atoms with van der Waals surface area (Å²) in [5, 5.41) is 0. The number of hydrogen-bond acceptors (Lipinski definition) is 1. The fourth-order valence-electron chi connectivity index (χ4n) is 5.16. The Labute approximate surface area is 209 Å². The van der Waals surface area contributed by atoms with Crippen LogP contribution in [0.3, 0.4) is 0 Å². The van der Waals surface area contributed by atoms with Crippen LogP contribution in [0.4, 0.5) is 22.0 Å². The van der Waals surface area contributed by atoms with Gasteiger partial charge in [-0.15, -0.1) is 0 Å². The maximum atomic E-state index is 15.8. The lowest BCUT2D eigenvalue weighted by molar-refractivity contribution is 0.249. The molecular weight excluding hydrogens is 471 g/mol. The van der Waals surface area contributed by atoms with E-state index in [4.69, 9.17) is 4.74 Å². The minimum absolute atomic E-state index is 0.107. The lowest BCUT2D eigenvalue weighted by Crippen LogP contribution is -2.15. The highest BCUT2D eigenvalue weighted by atomic mass is 19.2. The van der Waals surface area contributed by atoms with Crippen molar-refractivity contribution in [3.63, 3.8) is 0 Å². The zero-order valence-electron chi connectivity index (χ0n) is 20.4. The average molecular weight is 503 g/mol. The van der Waals surface area contributed by atoms with E-state index >= 15 is 8.78 Å². The van der Waals surface area contributed by atoms with Gasteiger partial charge in [-0.25, -0.2) is 22.0 Å². The van der Waals surface area contributed by atoms with Gasteiger partial charge in [-0.1, -0.05) is 82.2 Å². The van der Waals surface area contributed by atoms with Crippen molar-refractivity contribution in [3.05, 3.63) is 83.2 Å². The van der Waals surface area contributed by atoms with Crippen LogP contribution in [-0.2, 0) is 6.42 Å². The molecule has 0 spiro atoms. The van der Waals surface area contributed by atoms with Crippen LogP contribution in [0.25, 0.3) is 11.1 Å². The first-order chi connectivity index (χ1) is 17.4. The number of halogens is 5. The van der Waals surface area contributed by atoms with E-state index < -0.39 is 34.8 Å². The smallest absolute Gasteiger partial charge is 0.194 e. The molecule has 0 amide bonds. The third kappa shape index (κ3) is 6.08. The van der Waals surface area contributed by atoms with Gasteiger partial charge in [0.1, 0.15) is 11.6 Å². The highest BCUT2D eigenvalue weighted by molar-refractivity contribution is 5.72. The summed E-state index contributed by atoms with van der Waals surface area (Å²) in [5.41, 5.74) is 0.474. The van der Waals surface area contributed by atoms with Gasteiger partial charge < -0.3 is 4.74 Å². The van der Waals surface area contributed by atoms with Crippen molar-refractivity contribution < 1.29 is 26.7 Å². The van der Waals surface area contributed by atoms with E-state index in [9.17, 15) is 13.2 Å². The van der Waals surface area contributed by atoms with E-state index in [1.807, 2.05) is 0 Å². The molecule has 3 aromatic carbocycles. The molecule has 0 saturated heterocycles. The van der Waals surface area contributed by atoms with E-state index in [2.05, 4.69) is 6.92 Å². The van der Waals surface area contributed by atoms with E-state index in [0.717, 1.165) is 31.6 Å². The van der Waals surface area contributed by atoms with Gasteiger partial charge in [0.15, 0.2) is 29.0 Å².